The zero-order valence-corrected chi connectivity index (χ0v) is 13.0. The second-order valence-corrected chi connectivity index (χ2v) is 5.41. The van der Waals surface area contributed by atoms with Gasteiger partial charge in [-0.2, -0.15) is 0 Å². The number of hydrogen-bond donors (Lipinski definition) is 2. The number of aliphatic hydroxyl groups excluding tert-OH is 1. The summed E-state index contributed by atoms with van der Waals surface area (Å²) in [6.07, 6.45) is -0.692. The van der Waals surface area contributed by atoms with E-state index < -0.39 is 12.1 Å². The molecule has 0 saturated carbocycles. The first-order valence-electron chi connectivity index (χ1n) is 5.97. The van der Waals surface area contributed by atoms with Gasteiger partial charge in [-0.05, 0) is 17.5 Å². The molecule has 5 heteroatoms. The molecular weight excluding hydrogens is 266 g/mol. The molecule has 0 unspecified atom stereocenters. The lowest BCUT2D eigenvalue weighted by Crippen LogP contribution is -2.37. The van der Waals surface area contributed by atoms with Crippen LogP contribution in [-0.2, 0) is 0 Å². The Morgan fingerprint density at radius 2 is 1.53 bits per heavy atom. The van der Waals surface area contributed by atoms with Gasteiger partial charge in [-0.15, -0.1) is 12.4 Å². The molecule has 4 nitrogen and oxygen atoms in total. The third-order valence-corrected chi connectivity index (χ3v) is 3.03. The molecule has 1 aromatic carbocycles. The lowest BCUT2D eigenvalue weighted by Gasteiger charge is -2.32. The zero-order chi connectivity index (χ0) is 13.9. The largest absolute Gasteiger partial charge is 0.496 e. The van der Waals surface area contributed by atoms with Crippen molar-refractivity contribution in [2.75, 3.05) is 14.2 Å². The summed E-state index contributed by atoms with van der Waals surface area (Å²) >= 11 is 0. The molecule has 0 radical (unpaired) electrons. The van der Waals surface area contributed by atoms with Gasteiger partial charge in [0, 0.05) is 0 Å². The molecule has 0 aliphatic carbocycles. The SMILES string of the molecule is COc1cccc(OC)c1[C@@H](N)[C@@H](O)C(C)(C)C.Cl. The van der Waals surface area contributed by atoms with E-state index in [-0.39, 0.29) is 17.8 Å². The molecule has 1 aromatic rings. The number of nitrogens with two attached hydrogens (primary N) is 1. The van der Waals surface area contributed by atoms with E-state index in [2.05, 4.69) is 0 Å². The fourth-order valence-corrected chi connectivity index (χ4v) is 1.90. The van der Waals surface area contributed by atoms with E-state index in [0.717, 1.165) is 0 Å². The van der Waals surface area contributed by atoms with E-state index in [9.17, 15) is 5.11 Å². The van der Waals surface area contributed by atoms with Gasteiger partial charge >= 0.3 is 0 Å². The van der Waals surface area contributed by atoms with Crippen LogP contribution >= 0.6 is 12.4 Å². The Bertz CT molecular complexity index is 382. The summed E-state index contributed by atoms with van der Waals surface area (Å²) < 4.78 is 10.6. The molecule has 0 bridgehead atoms. The topological polar surface area (TPSA) is 64.7 Å². The van der Waals surface area contributed by atoms with Crippen LogP contribution in [0.3, 0.4) is 0 Å². The molecule has 19 heavy (non-hydrogen) atoms. The number of hydrogen-bond acceptors (Lipinski definition) is 4. The van der Waals surface area contributed by atoms with Crippen molar-refractivity contribution in [3.05, 3.63) is 23.8 Å². The minimum atomic E-state index is -0.692. The lowest BCUT2D eigenvalue weighted by atomic mass is 9.82. The monoisotopic (exact) mass is 289 g/mol. The molecule has 2 atom stereocenters. The maximum absolute atomic E-state index is 10.3. The summed E-state index contributed by atoms with van der Waals surface area (Å²) in [5.74, 6) is 1.26. The maximum Gasteiger partial charge on any atom is 0.127 e. The van der Waals surface area contributed by atoms with Gasteiger partial charge in [0.05, 0.1) is 31.9 Å². The van der Waals surface area contributed by atoms with E-state index in [4.69, 9.17) is 15.2 Å². The third kappa shape index (κ3) is 4.00. The molecule has 0 heterocycles. The van der Waals surface area contributed by atoms with E-state index >= 15 is 0 Å². The van der Waals surface area contributed by atoms with Crippen molar-refractivity contribution in [2.45, 2.75) is 32.9 Å². The predicted octanol–water partition coefficient (Wildman–Crippen LogP) is 2.53. The Labute approximate surface area is 121 Å². The van der Waals surface area contributed by atoms with Gasteiger partial charge in [0.1, 0.15) is 11.5 Å². The minimum Gasteiger partial charge on any atom is -0.496 e. The van der Waals surface area contributed by atoms with Gasteiger partial charge in [-0.3, -0.25) is 0 Å². The number of ether oxygens (including phenoxy) is 2. The van der Waals surface area contributed by atoms with Crippen molar-refractivity contribution < 1.29 is 14.6 Å². The molecule has 0 amide bonds. The fraction of sp³-hybridized carbons (Fsp3) is 0.571. The third-order valence-electron chi connectivity index (χ3n) is 3.03. The number of rotatable bonds is 4. The summed E-state index contributed by atoms with van der Waals surface area (Å²) in [6.45, 7) is 5.83. The molecule has 0 aliphatic heterocycles. The number of halogens is 1. The van der Waals surface area contributed by atoms with Gasteiger partial charge in [0.15, 0.2) is 0 Å². The highest BCUT2D eigenvalue weighted by molar-refractivity contribution is 5.85. The minimum absolute atomic E-state index is 0. The predicted molar refractivity (Wildman–Crippen MR) is 79.2 cm³/mol. The Morgan fingerprint density at radius 1 is 1.11 bits per heavy atom. The Hall–Kier alpha value is -0.970. The van der Waals surface area contributed by atoms with Crippen LogP contribution in [-0.4, -0.2) is 25.4 Å². The van der Waals surface area contributed by atoms with Crippen LogP contribution < -0.4 is 15.2 Å². The van der Waals surface area contributed by atoms with Crippen molar-refractivity contribution in [3.8, 4) is 11.5 Å². The zero-order valence-electron chi connectivity index (χ0n) is 12.1. The van der Waals surface area contributed by atoms with Crippen molar-refractivity contribution >= 4 is 12.4 Å². The Balaban J connectivity index is 0.00000324. The van der Waals surface area contributed by atoms with Crippen molar-refractivity contribution in [3.63, 3.8) is 0 Å². The molecule has 0 aliphatic rings. The molecule has 1 rings (SSSR count). The van der Waals surface area contributed by atoms with E-state index in [1.165, 1.54) is 0 Å². The average molecular weight is 290 g/mol. The normalized spacial score (nSPS) is 14.3. The van der Waals surface area contributed by atoms with Crippen LogP contribution in [0.25, 0.3) is 0 Å². The van der Waals surface area contributed by atoms with Crippen LogP contribution in [0.5, 0.6) is 11.5 Å². The first kappa shape index (κ1) is 18.0. The summed E-state index contributed by atoms with van der Waals surface area (Å²) in [5.41, 5.74) is 6.55. The molecule has 110 valence electrons. The first-order valence-corrected chi connectivity index (χ1v) is 5.97. The smallest absolute Gasteiger partial charge is 0.127 e. The maximum atomic E-state index is 10.3. The van der Waals surface area contributed by atoms with E-state index in [0.29, 0.717) is 17.1 Å². The van der Waals surface area contributed by atoms with Gasteiger partial charge in [-0.25, -0.2) is 0 Å². The van der Waals surface area contributed by atoms with Gasteiger partial charge in [-0.1, -0.05) is 26.8 Å². The van der Waals surface area contributed by atoms with Crippen LogP contribution in [0, 0.1) is 5.41 Å². The highest BCUT2D eigenvalue weighted by atomic mass is 35.5. The second-order valence-electron chi connectivity index (χ2n) is 5.41. The van der Waals surface area contributed by atoms with Crippen LogP contribution in [0.15, 0.2) is 18.2 Å². The second kappa shape index (κ2) is 6.98. The lowest BCUT2D eigenvalue weighted by molar-refractivity contribution is 0.0388. The average Bonchev–Trinajstić information content (AvgIpc) is 2.34. The van der Waals surface area contributed by atoms with Crippen LogP contribution in [0.1, 0.15) is 32.4 Å². The molecule has 0 fully saturated rings. The molecule has 0 spiro atoms. The van der Waals surface area contributed by atoms with Crippen molar-refractivity contribution in [2.24, 2.45) is 11.1 Å². The standard InChI is InChI=1S/C14H23NO3.ClH/c1-14(2,3)13(16)12(15)11-9(17-4)7-6-8-10(11)18-5;/h6-8,12-13,16H,15H2,1-5H3;1H/t12-,13-;/m1./s1. The Kier molecular flexibility index (Phi) is 6.63. The highest BCUT2D eigenvalue weighted by Crippen LogP contribution is 2.38. The summed E-state index contributed by atoms with van der Waals surface area (Å²) in [4.78, 5) is 0. The molecular formula is C14H24ClNO3. The summed E-state index contributed by atoms with van der Waals surface area (Å²) in [7, 11) is 3.16. The van der Waals surface area contributed by atoms with Gasteiger partial charge in [0.2, 0.25) is 0 Å². The van der Waals surface area contributed by atoms with E-state index in [1.807, 2.05) is 39.0 Å². The van der Waals surface area contributed by atoms with Crippen molar-refractivity contribution in [1.82, 2.24) is 0 Å². The Morgan fingerprint density at radius 3 is 1.84 bits per heavy atom. The molecule has 0 aromatic heterocycles. The number of methoxy groups -OCH3 is 2. The van der Waals surface area contributed by atoms with Gasteiger partial charge < -0.3 is 20.3 Å². The number of benzene rings is 1. The fourth-order valence-electron chi connectivity index (χ4n) is 1.90. The molecule has 3 N–H and O–H groups in total. The molecule has 0 saturated heterocycles. The quantitative estimate of drug-likeness (QED) is 0.894. The summed E-state index contributed by atoms with van der Waals surface area (Å²) in [6, 6.07) is 4.90. The summed E-state index contributed by atoms with van der Waals surface area (Å²) in [5, 5.41) is 10.3. The van der Waals surface area contributed by atoms with Crippen LogP contribution in [0.4, 0.5) is 0 Å². The van der Waals surface area contributed by atoms with E-state index in [1.54, 1.807) is 14.2 Å². The van der Waals surface area contributed by atoms with Crippen molar-refractivity contribution in [1.29, 1.82) is 0 Å². The van der Waals surface area contributed by atoms with Crippen LogP contribution in [0.2, 0.25) is 0 Å². The van der Waals surface area contributed by atoms with Gasteiger partial charge in [0.25, 0.3) is 0 Å². The number of aliphatic hydroxyl groups is 1. The highest BCUT2D eigenvalue weighted by Gasteiger charge is 2.32. The first-order chi connectivity index (χ1) is 8.32.